The van der Waals surface area contributed by atoms with Gasteiger partial charge in [-0.25, -0.2) is 4.68 Å². The van der Waals surface area contributed by atoms with Gasteiger partial charge < -0.3 is 5.32 Å². The lowest BCUT2D eigenvalue weighted by Crippen LogP contribution is -2.55. The molecule has 0 radical (unpaired) electrons. The van der Waals surface area contributed by atoms with Crippen LogP contribution in [0.5, 0.6) is 0 Å². The van der Waals surface area contributed by atoms with E-state index in [1.54, 1.807) is 23.0 Å². The Kier molecular flexibility index (Phi) is 3.84. The zero-order valence-corrected chi connectivity index (χ0v) is 15.9. The number of aromatic nitrogens is 2. The summed E-state index contributed by atoms with van der Waals surface area (Å²) < 4.78 is 1.71. The molecule has 0 amide bonds. The van der Waals surface area contributed by atoms with Crippen LogP contribution in [0.3, 0.4) is 0 Å². The minimum Gasteiger partial charge on any atom is -0.353 e. The van der Waals surface area contributed by atoms with Crippen LogP contribution < -0.4 is 10.9 Å². The van der Waals surface area contributed by atoms with Gasteiger partial charge in [0, 0.05) is 10.7 Å². The van der Waals surface area contributed by atoms with E-state index in [1.165, 1.54) is 19.3 Å². The third-order valence-electron chi connectivity index (χ3n) is 6.48. The molecule has 4 fully saturated rings. The molecule has 0 spiro atoms. The van der Waals surface area contributed by atoms with Gasteiger partial charge in [0.15, 0.2) is 0 Å². The highest BCUT2D eigenvalue weighted by Crippen LogP contribution is 2.58. The SMILES string of the molecule is O=c1c(Cl)c(Nc2cccc(Cl)c2)cnn1C12CC3CC(CC(C3)C1)C2. The minimum atomic E-state index is -0.180. The molecule has 6 heteroatoms. The van der Waals surface area contributed by atoms with Crippen LogP contribution >= 0.6 is 23.2 Å². The van der Waals surface area contributed by atoms with Crippen LogP contribution in [0.2, 0.25) is 10.0 Å². The number of anilines is 2. The third kappa shape index (κ3) is 2.66. The fourth-order valence-electron chi connectivity index (χ4n) is 5.90. The lowest BCUT2D eigenvalue weighted by Gasteiger charge is -2.56. The first-order valence-corrected chi connectivity index (χ1v) is 10.1. The van der Waals surface area contributed by atoms with Crippen molar-refractivity contribution in [3.8, 4) is 0 Å². The molecule has 4 aliphatic carbocycles. The molecule has 0 unspecified atom stereocenters. The van der Waals surface area contributed by atoms with Crippen LogP contribution in [-0.2, 0) is 5.54 Å². The molecule has 0 atom stereocenters. The van der Waals surface area contributed by atoms with Gasteiger partial charge in [-0.1, -0.05) is 29.3 Å². The lowest BCUT2D eigenvalue weighted by atomic mass is 9.53. The predicted octanol–water partition coefficient (Wildman–Crippen LogP) is 5.22. The molecule has 136 valence electrons. The monoisotopic (exact) mass is 389 g/mol. The number of halogens is 2. The Bertz CT molecular complexity index is 888. The number of hydrogen-bond donors (Lipinski definition) is 1. The van der Waals surface area contributed by atoms with E-state index in [-0.39, 0.29) is 16.1 Å². The van der Waals surface area contributed by atoms with Crippen LogP contribution in [-0.4, -0.2) is 9.78 Å². The minimum absolute atomic E-state index is 0.121. The topological polar surface area (TPSA) is 46.9 Å². The van der Waals surface area contributed by atoms with Crippen molar-refractivity contribution < 1.29 is 0 Å². The molecule has 4 aliphatic rings. The van der Waals surface area contributed by atoms with Crippen molar-refractivity contribution >= 4 is 34.6 Å². The van der Waals surface area contributed by atoms with Gasteiger partial charge in [-0.2, -0.15) is 5.10 Å². The van der Waals surface area contributed by atoms with Crippen LogP contribution in [0.4, 0.5) is 11.4 Å². The van der Waals surface area contributed by atoms with E-state index >= 15 is 0 Å². The smallest absolute Gasteiger partial charge is 0.288 e. The molecule has 0 aliphatic heterocycles. The van der Waals surface area contributed by atoms with Crippen molar-refractivity contribution in [2.24, 2.45) is 17.8 Å². The Morgan fingerprint density at radius 3 is 2.35 bits per heavy atom. The average Bonchev–Trinajstić information content (AvgIpc) is 2.58. The molecule has 26 heavy (non-hydrogen) atoms. The van der Waals surface area contributed by atoms with Gasteiger partial charge in [0.25, 0.3) is 5.56 Å². The third-order valence-corrected chi connectivity index (χ3v) is 7.08. The summed E-state index contributed by atoms with van der Waals surface area (Å²) in [5, 5.41) is 8.56. The van der Waals surface area contributed by atoms with Crippen molar-refractivity contribution in [3.05, 3.63) is 50.9 Å². The number of nitrogens with zero attached hydrogens (tertiary/aromatic N) is 2. The summed E-state index contributed by atoms with van der Waals surface area (Å²) in [7, 11) is 0. The Morgan fingerprint density at radius 2 is 1.73 bits per heavy atom. The molecule has 2 aromatic rings. The Hall–Kier alpha value is -1.52. The highest BCUT2D eigenvalue weighted by molar-refractivity contribution is 6.33. The van der Waals surface area contributed by atoms with Gasteiger partial charge in [-0.3, -0.25) is 4.79 Å². The summed E-state index contributed by atoms with van der Waals surface area (Å²) in [5.74, 6) is 2.24. The predicted molar refractivity (Wildman–Crippen MR) is 104 cm³/mol. The van der Waals surface area contributed by atoms with E-state index in [0.717, 1.165) is 42.7 Å². The quantitative estimate of drug-likeness (QED) is 0.782. The Labute approximate surface area is 162 Å². The van der Waals surface area contributed by atoms with Gasteiger partial charge in [0.2, 0.25) is 0 Å². The summed E-state index contributed by atoms with van der Waals surface area (Å²) in [4.78, 5) is 13.1. The van der Waals surface area contributed by atoms with E-state index in [9.17, 15) is 4.79 Å². The van der Waals surface area contributed by atoms with Gasteiger partial charge in [-0.05, 0) is 74.5 Å². The molecule has 1 aromatic carbocycles. The van der Waals surface area contributed by atoms with Crippen LogP contribution in [0.1, 0.15) is 38.5 Å². The van der Waals surface area contributed by atoms with Crippen molar-refractivity contribution in [1.29, 1.82) is 0 Å². The van der Waals surface area contributed by atoms with Crippen molar-refractivity contribution in [1.82, 2.24) is 9.78 Å². The second kappa shape index (κ2) is 6.00. The van der Waals surface area contributed by atoms with Crippen molar-refractivity contribution in [2.75, 3.05) is 5.32 Å². The Balaban J connectivity index is 1.50. The molecule has 0 saturated heterocycles. The van der Waals surface area contributed by atoms with E-state index < -0.39 is 0 Å². The summed E-state index contributed by atoms with van der Waals surface area (Å²) >= 11 is 12.5. The second-order valence-electron chi connectivity index (χ2n) is 8.37. The molecule has 6 rings (SSSR count). The number of benzene rings is 1. The van der Waals surface area contributed by atoms with E-state index in [1.807, 2.05) is 12.1 Å². The second-order valence-corrected chi connectivity index (χ2v) is 9.18. The highest BCUT2D eigenvalue weighted by Gasteiger charge is 2.53. The maximum atomic E-state index is 13.1. The molecule has 4 nitrogen and oxygen atoms in total. The summed E-state index contributed by atoms with van der Waals surface area (Å²) in [5.41, 5.74) is 1.01. The highest BCUT2D eigenvalue weighted by atomic mass is 35.5. The average molecular weight is 390 g/mol. The van der Waals surface area contributed by atoms with Crippen LogP contribution in [0.15, 0.2) is 35.3 Å². The first-order valence-electron chi connectivity index (χ1n) is 9.33. The van der Waals surface area contributed by atoms with Crippen molar-refractivity contribution in [3.63, 3.8) is 0 Å². The van der Waals surface area contributed by atoms with Gasteiger partial charge >= 0.3 is 0 Å². The standard InChI is InChI=1S/C20H21Cl2N3O/c21-15-2-1-3-16(7-15)24-17-11-23-25(19(26)18(17)22)20-8-12-4-13(9-20)6-14(5-12)10-20/h1-3,7,11-14,24H,4-6,8-10H2. The molecular weight excluding hydrogens is 369 g/mol. The van der Waals surface area contributed by atoms with Gasteiger partial charge in [-0.15, -0.1) is 0 Å². The first kappa shape index (κ1) is 16.6. The van der Waals surface area contributed by atoms with E-state index in [2.05, 4.69) is 10.4 Å². The summed E-state index contributed by atoms with van der Waals surface area (Å²) in [6, 6.07) is 7.33. The van der Waals surface area contributed by atoms with Gasteiger partial charge in [0.05, 0.1) is 17.4 Å². The zero-order chi connectivity index (χ0) is 17.9. The molecule has 1 heterocycles. The lowest BCUT2D eigenvalue weighted by molar-refractivity contribution is -0.0518. The van der Waals surface area contributed by atoms with E-state index in [4.69, 9.17) is 23.2 Å². The molecule has 1 N–H and O–H groups in total. The molecule has 4 saturated carbocycles. The van der Waals surface area contributed by atoms with E-state index in [0.29, 0.717) is 10.7 Å². The van der Waals surface area contributed by atoms with Gasteiger partial charge in [0.1, 0.15) is 5.02 Å². The fourth-order valence-corrected chi connectivity index (χ4v) is 6.27. The largest absolute Gasteiger partial charge is 0.353 e. The first-order chi connectivity index (χ1) is 12.5. The summed E-state index contributed by atoms with van der Waals surface area (Å²) in [6.45, 7) is 0. The number of rotatable bonds is 3. The van der Waals surface area contributed by atoms with Crippen LogP contribution in [0.25, 0.3) is 0 Å². The maximum absolute atomic E-state index is 13.1. The zero-order valence-electron chi connectivity index (χ0n) is 14.4. The van der Waals surface area contributed by atoms with Crippen molar-refractivity contribution in [2.45, 2.75) is 44.1 Å². The maximum Gasteiger partial charge on any atom is 0.288 e. The molecule has 4 bridgehead atoms. The number of hydrogen-bond acceptors (Lipinski definition) is 3. The fraction of sp³-hybridized carbons (Fsp3) is 0.500. The normalized spacial score (nSPS) is 32.0. The van der Waals surface area contributed by atoms with Crippen LogP contribution in [0, 0.1) is 17.8 Å². The Morgan fingerprint density at radius 1 is 1.08 bits per heavy atom. The molecular formula is C20H21Cl2N3O. The molecule has 1 aromatic heterocycles. The number of nitrogens with one attached hydrogen (secondary N) is 1. The summed E-state index contributed by atoms with van der Waals surface area (Å²) in [6.07, 6.45) is 8.89.